The third-order valence-corrected chi connectivity index (χ3v) is 5.90. The lowest BCUT2D eigenvalue weighted by molar-refractivity contribution is -0.113. The summed E-state index contributed by atoms with van der Waals surface area (Å²) >= 11 is 6.15. The Kier molecular flexibility index (Phi) is 5.26. The van der Waals surface area contributed by atoms with Crippen molar-refractivity contribution in [1.29, 1.82) is 0 Å². The van der Waals surface area contributed by atoms with Gasteiger partial charge >= 0.3 is 0 Å². The molecule has 0 spiro atoms. The number of aromatic hydroxyl groups is 1. The van der Waals surface area contributed by atoms with E-state index in [2.05, 4.69) is 0 Å². The maximum atomic E-state index is 13.9. The number of nitrogens with zero attached hydrogens (tertiary/aromatic N) is 1. The highest BCUT2D eigenvalue weighted by Gasteiger charge is 2.35. The number of rotatable bonds is 4. The highest BCUT2D eigenvalue weighted by atomic mass is 35.5. The summed E-state index contributed by atoms with van der Waals surface area (Å²) < 4.78 is 0. The van der Waals surface area contributed by atoms with Crippen LogP contribution >= 0.6 is 11.6 Å². The van der Waals surface area contributed by atoms with Crippen LogP contribution in [0.15, 0.2) is 103 Å². The molecule has 4 aromatic carbocycles. The van der Waals surface area contributed by atoms with Crippen LogP contribution in [0.4, 0.5) is 5.69 Å². The van der Waals surface area contributed by atoms with Gasteiger partial charge in [-0.2, -0.15) is 0 Å². The summed E-state index contributed by atoms with van der Waals surface area (Å²) in [6, 6.07) is 32.4. The second-order valence-corrected chi connectivity index (χ2v) is 8.13. The second-order valence-electron chi connectivity index (χ2n) is 7.70. The zero-order chi connectivity index (χ0) is 22.1. The van der Waals surface area contributed by atoms with Gasteiger partial charge in [0.15, 0.2) is 0 Å². The Morgan fingerprint density at radius 2 is 1.38 bits per heavy atom. The summed E-state index contributed by atoms with van der Waals surface area (Å²) in [6.45, 7) is 0.419. The number of amides is 1. The minimum absolute atomic E-state index is 0.0481. The first-order valence-corrected chi connectivity index (χ1v) is 10.7. The Morgan fingerprint density at radius 1 is 0.750 bits per heavy atom. The number of halogens is 1. The van der Waals surface area contributed by atoms with Crippen molar-refractivity contribution in [1.82, 2.24) is 0 Å². The molecule has 1 heterocycles. The molecule has 1 N–H and O–H groups in total. The summed E-state index contributed by atoms with van der Waals surface area (Å²) in [5.74, 6) is 0.157. The number of carbonyl (C=O) groups is 1. The van der Waals surface area contributed by atoms with Gasteiger partial charge in [-0.15, -0.1) is 0 Å². The molecule has 0 aromatic heterocycles. The van der Waals surface area contributed by atoms with Crippen LogP contribution < -0.4 is 4.90 Å². The van der Waals surface area contributed by atoms with E-state index in [9.17, 15) is 9.90 Å². The van der Waals surface area contributed by atoms with Gasteiger partial charge < -0.3 is 10.0 Å². The normalized spacial score (nSPS) is 14.4. The van der Waals surface area contributed by atoms with Gasteiger partial charge in [0.2, 0.25) is 0 Å². The van der Waals surface area contributed by atoms with Gasteiger partial charge in [0.1, 0.15) is 5.75 Å². The van der Waals surface area contributed by atoms with Gasteiger partial charge in [-0.25, -0.2) is 0 Å². The van der Waals surface area contributed by atoms with Crippen molar-refractivity contribution in [2.24, 2.45) is 0 Å². The first-order valence-electron chi connectivity index (χ1n) is 10.4. The average Bonchev–Trinajstić information content (AvgIpc) is 3.09. The number of carbonyl (C=O) groups excluding carboxylic acids is 1. The van der Waals surface area contributed by atoms with E-state index in [4.69, 9.17) is 11.6 Å². The first-order chi connectivity index (χ1) is 15.6. The number of phenolic OH excluding ortho intramolecular Hbond substituents is 1. The smallest absolute Gasteiger partial charge is 0.259 e. The average molecular weight is 438 g/mol. The predicted octanol–water partition coefficient (Wildman–Crippen LogP) is 6.55. The lowest BCUT2D eigenvalue weighted by Crippen LogP contribution is -2.26. The Morgan fingerprint density at radius 3 is 2.09 bits per heavy atom. The fourth-order valence-corrected chi connectivity index (χ4v) is 4.27. The molecule has 5 rings (SSSR count). The van der Waals surface area contributed by atoms with E-state index in [1.165, 1.54) is 0 Å². The molecule has 0 atom stereocenters. The van der Waals surface area contributed by atoms with E-state index in [1.807, 2.05) is 91.0 Å². The van der Waals surface area contributed by atoms with Crippen LogP contribution in [0.2, 0.25) is 5.02 Å². The third kappa shape index (κ3) is 3.68. The highest BCUT2D eigenvalue weighted by molar-refractivity contribution is 6.39. The lowest BCUT2D eigenvalue weighted by Gasteiger charge is -2.18. The van der Waals surface area contributed by atoms with Crippen LogP contribution in [0.5, 0.6) is 5.75 Å². The Labute approximate surface area is 191 Å². The molecule has 0 saturated heterocycles. The molecule has 0 saturated carbocycles. The topological polar surface area (TPSA) is 40.5 Å². The van der Waals surface area contributed by atoms with Crippen molar-refractivity contribution in [3.8, 4) is 5.75 Å². The molecule has 3 nitrogen and oxygen atoms in total. The monoisotopic (exact) mass is 437 g/mol. The maximum absolute atomic E-state index is 13.9. The Bertz CT molecular complexity index is 1310. The minimum Gasteiger partial charge on any atom is -0.508 e. The minimum atomic E-state index is -0.0481. The molecular formula is C28H20ClNO2. The van der Waals surface area contributed by atoms with Crippen LogP contribution in [0.1, 0.15) is 22.3 Å². The van der Waals surface area contributed by atoms with E-state index in [-0.39, 0.29) is 11.7 Å². The third-order valence-electron chi connectivity index (χ3n) is 5.65. The van der Waals surface area contributed by atoms with Gasteiger partial charge in [-0.3, -0.25) is 4.79 Å². The molecule has 4 heteroatoms. The van der Waals surface area contributed by atoms with Crippen molar-refractivity contribution in [3.05, 3.63) is 130 Å². The summed E-state index contributed by atoms with van der Waals surface area (Å²) in [5, 5.41) is 10.3. The fraction of sp³-hybridized carbons (Fsp3) is 0.0357. The summed E-state index contributed by atoms with van der Waals surface area (Å²) in [5.41, 5.74) is 6.19. The van der Waals surface area contributed by atoms with E-state index in [0.717, 1.165) is 33.5 Å². The standard InChI is InChI=1S/C28H20ClNO2/c29-22-14-12-21(13-15-22)26(20-6-2-1-3-7-20)27-24-8-4-5-9-25(24)30(28(27)32)18-19-10-16-23(31)17-11-19/h1-17,31H,18H2/b27-26+. The van der Waals surface area contributed by atoms with Crippen molar-refractivity contribution in [2.45, 2.75) is 6.54 Å². The fourth-order valence-electron chi connectivity index (χ4n) is 4.14. The molecule has 0 aliphatic carbocycles. The maximum Gasteiger partial charge on any atom is 0.259 e. The number of phenols is 1. The SMILES string of the molecule is O=C1/C(=C(\c2ccccc2)c2ccc(Cl)cc2)c2ccccc2N1Cc1ccc(O)cc1. The largest absolute Gasteiger partial charge is 0.508 e. The molecule has 32 heavy (non-hydrogen) atoms. The zero-order valence-electron chi connectivity index (χ0n) is 17.2. The van der Waals surface area contributed by atoms with E-state index < -0.39 is 0 Å². The highest BCUT2D eigenvalue weighted by Crippen LogP contribution is 2.43. The molecule has 4 aromatic rings. The Hall–Kier alpha value is -3.82. The van der Waals surface area contributed by atoms with Crippen LogP contribution in [0.25, 0.3) is 11.1 Å². The summed E-state index contributed by atoms with van der Waals surface area (Å²) in [7, 11) is 0. The van der Waals surface area contributed by atoms with Gasteiger partial charge in [0, 0.05) is 16.2 Å². The number of hydrogen-bond donors (Lipinski definition) is 1. The second kappa shape index (κ2) is 8.37. The molecule has 156 valence electrons. The van der Waals surface area contributed by atoms with Gasteiger partial charge in [-0.1, -0.05) is 84.4 Å². The quantitative estimate of drug-likeness (QED) is 0.368. The summed E-state index contributed by atoms with van der Waals surface area (Å²) in [6.07, 6.45) is 0. The molecule has 1 aliphatic heterocycles. The molecule has 0 radical (unpaired) electrons. The Balaban J connectivity index is 1.71. The molecule has 0 bridgehead atoms. The first kappa shape index (κ1) is 20.1. The zero-order valence-corrected chi connectivity index (χ0v) is 18.0. The number of para-hydroxylation sites is 1. The summed E-state index contributed by atoms with van der Waals surface area (Å²) in [4.78, 5) is 15.7. The van der Waals surface area contributed by atoms with Crippen molar-refractivity contribution >= 4 is 34.3 Å². The number of fused-ring (bicyclic) bond motifs is 1. The molecular weight excluding hydrogens is 418 g/mol. The van der Waals surface area contributed by atoms with Gasteiger partial charge in [0.25, 0.3) is 5.91 Å². The van der Waals surface area contributed by atoms with Gasteiger partial charge in [0.05, 0.1) is 17.8 Å². The molecule has 0 unspecified atom stereocenters. The molecule has 1 amide bonds. The van der Waals surface area contributed by atoms with Crippen molar-refractivity contribution < 1.29 is 9.90 Å². The number of hydrogen-bond acceptors (Lipinski definition) is 2. The molecule has 1 aliphatic rings. The molecule has 0 fully saturated rings. The van der Waals surface area contributed by atoms with Crippen molar-refractivity contribution in [3.63, 3.8) is 0 Å². The van der Waals surface area contributed by atoms with Gasteiger partial charge in [-0.05, 0) is 47.0 Å². The van der Waals surface area contributed by atoms with Crippen LogP contribution in [-0.4, -0.2) is 11.0 Å². The number of benzene rings is 4. The predicted molar refractivity (Wildman–Crippen MR) is 130 cm³/mol. The lowest BCUT2D eigenvalue weighted by atomic mass is 9.90. The van der Waals surface area contributed by atoms with E-state index in [1.54, 1.807) is 17.0 Å². The van der Waals surface area contributed by atoms with Crippen LogP contribution in [0, 0.1) is 0 Å². The van der Waals surface area contributed by atoms with Crippen molar-refractivity contribution in [2.75, 3.05) is 4.90 Å². The number of anilines is 1. The van der Waals surface area contributed by atoms with Crippen LogP contribution in [0.3, 0.4) is 0 Å². The van der Waals surface area contributed by atoms with E-state index in [0.29, 0.717) is 17.1 Å². The van der Waals surface area contributed by atoms with E-state index >= 15 is 0 Å². The van der Waals surface area contributed by atoms with Crippen LogP contribution in [-0.2, 0) is 11.3 Å².